The summed E-state index contributed by atoms with van der Waals surface area (Å²) in [5, 5.41) is 0.208. The Bertz CT molecular complexity index is 603. The van der Waals surface area contributed by atoms with Crippen LogP contribution in [0.15, 0.2) is 12.1 Å². The molecule has 0 saturated carbocycles. The lowest BCUT2D eigenvalue weighted by Gasteiger charge is -2.36. The van der Waals surface area contributed by atoms with Gasteiger partial charge in [-0.05, 0) is 44.1 Å². The number of ether oxygens (including phenoxy) is 1. The molecule has 0 N–H and O–H groups in total. The summed E-state index contributed by atoms with van der Waals surface area (Å²) in [5.41, 5.74) is 4.63. The van der Waals surface area contributed by atoms with Gasteiger partial charge in [-0.3, -0.25) is 4.79 Å². The third-order valence-corrected chi connectivity index (χ3v) is 10.1. The molecule has 0 aliphatic rings. The van der Waals surface area contributed by atoms with E-state index in [-0.39, 0.29) is 10.9 Å². The smallest absolute Gasteiger partial charge is 0.223 e. The second-order valence-electron chi connectivity index (χ2n) is 8.60. The molecule has 146 valence electrons. The lowest BCUT2D eigenvalue weighted by molar-refractivity contribution is -0.116. The molecule has 0 fully saturated rings. The molecule has 1 amide bonds. The van der Waals surface area contributed by atoms with Crippen LogP contribution in [0.1, 0.15) is 38.8 Å². The Morgan fingerprint density at radius 2 is 1.65 bits per heavy atom. The van der Waals surface area contributed by atoms with E-state index in [4.69, 9.17) is 9.16 Å². The van der Waals surface area contributed by atoms with Crippen molar-refractivity contribution in [1.82, 2.24) is 0 Å². The largest absolute Gasteiger partial charge is 0.414 e. The molecule has 0 aliphatic heterocycles. The Kier molecular flexibility index (Phi) is 8.11. The van der Waals surface area contributed by atoms with Crippen molar-refractivity contribution in [2.45, 2.75) is 59.7 Å². The molecule has 0 atom stereocenters. The molecule has 0 heterocycles. The summed E-state index contributed by atoms with van der Waals surface area (Å²) < 4.78 is 11.8. The van der Waals surface area contributed by atoms with Crippen LogP contribution in [-0.2, 0) is 14.0 Å². The summed E-state index contributed by atoms with van der Waals surface area (Å²) >= 11 is 0. The van der Waals surface area contributed by atoms with Crippen molar-refractivity contribution < 1.29 is 14.0 Å². The highest BCUT2D eigenvalue weighted by molar-refractivity contribution is 6.74. The highest BCUT2D eigenvalue weighted by Gasteiger charge is 2.36. The summed E-state index contributed by atoms with van der Waals surface area (Å²) in [6.07, 6.45) is 0. The molecule has 1 aromatic carbocycles. The third kappa shape index (κ3) is 6.25. The number of anilines is 1. The van der Waals surface area contributed by atoms with Gasteiger partial charge < -0.3 is 14.1 Å². The number of benzene rings is 1. The van der Waals surface area contributed by atoms with Gasteiger partial charge in [0.1, 0.15) is 7.85 Å². The van der Waals surface area contributed by atoms with Gasteiger partial charge in [0.05, 0.1) is 19.8 Å². The van der Waals surface area contributed by atoms with Crippen molar-refractivity contribution in [3.63, 3.8) is 0 Å². The van der Waals surface area contributed by atoms with Gasteiger partial charge in [-0.25, -0.2) is 0 Å². The van der Waals surface area contributed by atoms with E-state index in [1.165, 1.54) is 16.6 Å². The molecular formula is C20H36BNO3Si. The highest BCUT2D eigenvalue weighted by atomic mass is 28.4. The molecule has 0 spiro atoms. The van der Waals surface area contributed by atoms with Gasteiger partial charge in [-0.15, -0.1) is 0 Å². The number of amides is 1. The predicted molar refractivity (Wildman–Crippen MR) is 116 cm³/mol. The summed E-state index contributed by atoms with van der Waals surface area (Å²) in [6.45, 7) is 19.2. The molecule has 0 radical (unpaired) electrons. The van der Waals surface area contributed by atoms with Gasteiger partial charge in [0.25, 0.3) is 0 Å². The zero-order chi connectivity index (χ0) is 20.1. The number of aryl methyl sites for hydroxylation is 2. The van der Waals surface area contributed by atoms with E-state index < -0.39 is 8.32 Å². The van der Waals surface area contributed by atoms with Gasteiger partial charge in [-0.2, -0.15) is 0 Å². The van der Waals surface area contributed by atoms with Crippen LogP contribution >= 0.6 is 0 Å². The van der Waals surface area contributed by atoms with Crippen LogP contribution in [0.3, 0.4) is 0 Å². The number of rotatable bonds is 8. The van der Waals surface area contributed by atoms with Crippen molar-refractivity contribution in [2.75, 3.05) is 31.3 Å². The van der Waals surface area contributed by atoms with Gasteiger partial charge in [0, 0.05) is 19.2 Å². The van der Waals surface area contributed by atoms with Gasteiger partial charge in [-0.1, -0.05) is 37.4 Å². The second-order valence-corrected chi connectivity index (χ2v) is 13.4. The van der Waals surface area contributed by atoms with Gasteiger partial charge >= 0.3 is 0 Å². The maximum atomic E-state index is 12.1. The standard InChI is InChI=1S/C20H36BNO3Si/c1-15-13-18(14-16(2)19(15)21)22(17(3)23)9-10-24-11-12-25-26(7,8)20(4,5)6/h13-14H,9-12,21H2,1-8H3. The zero-order valence-corrected chi connectivity index (χ0v) is 19.2. The number of nitrogens with zero attached hydrogens (tertiary/aromatic N) is 1. The zero-order valence-electron chi connectivity index (χ0n) is 18.2. The summed E-state index contributed by atoms with van der Waals surface area (Å²) in [5.74, 6) is 0.0359. The van der Waals surface area contributed by atoms with Crippen molar-refractivity contribution in [1.29, 1.82) is 0 Å². The first kappa shape index (κ1) is 22.9. The van der Waals surface area contributed by atoms with Gasteiger partial charge in [0.2, 0.25) is 5.91 Å². The molecule has 0 aromatic heterocycles. The molecule has 0 unspecified atom stereocenters. The normalized spacial score (nSPS) is 12.3. The molecule has 4 nitrogen and oxygen atoms in total. The number of carbonyl (C=O) groups excluding carboxylic acids is 1. The Hall–Kier alpha value is -1.11. The fraction of sp³-hybridized carbons (Fsp3) is 0.650. The second kappa shape index (κ2) is 9.20. The molecular weight excluding hydrogens is 341 g/mol. The topological polar surface area (TPSA) is 38.8 Å². The van der Waals surface area contributed by atoms with Crippen molar-refractivity contribution >= 4 is 33.2 Å². The fourth-order valence-corrected chi connectivity index (χ4v) is 3.49. The van der Waals surface area contributed by atoms with Crippen LogP contribution in [0.25, 0.3) is 0 Å². The maximum absolute atomic E-state index is 12.1. The SMILES string of the molecule is Bc1c(C)cc(N(CCOCCO[Si](C)(C)C(C)(C)C)C(C)=O)cc1C. The van der Waals surface area contributed by atoms with E-state index in [0.29, 0.717) is 26.4 Å². The molecule has 6 heteroatoms. The lowest BCUT2D eigenvalue weighted by atomic mass is 9.86. The Balaban J connectivity index is 2.53. The van der Waals surface area contributed by atoms with E-state index >= 15 is 0 Å². The van der Waals surface area contributed by atoms with Crippen molar-refractivity contribution in [3.05, 3.63) is 23.3 Å². The Morgan fingerprint density at radius 3 is 2.12 bits per heavy atom. The minimum Gasteiger partial charge on any atom is -0.414 e. The molecule has 0 saturated heterocycles. The molecule has 26 heavy (non-hydrogen) atoms. The first-order valence-corrected chi connectivity index (χ1v) is 12.4. The molecule has 1 aromatic rings. The number of hydrogen-bond donors (Lipinski definition) is 0. The van der Waals surface area contributed by atoms with E-state index in [0.717, 1.165) is 5.69 Å². The molecule has 1 rings (SSSR count). The van der Waals surface area contributed by atoms with Crippen LogP contribution in [0.5, 0.6) is 0 Å². The van der Waals surface area contributed by atoms with Crippen LogP contribution < -0.4 is 10.4 Å². The first-order valence-electron chi connectivity index (χ1n) is 9.44. The third-order valence-electron chi connectivity index (χ3n) is 5.56. The first-order chi connectivity index (χ1) is 11.9. The van der Waals surface area contributed by atoms with Crippen molar-refractivity contribution in [3.8, 4) is 0 Å². The van der Waals surface area contributed by atoms with E-state index in [9.17, 15) is 4.79 Å². The van der Waals surface area contributed by atoms with E-state index in [1.54, 1.807) is 11.8 Å². The maximum Gasteiger partial charge on any atom is 0.223 e. The minimum atomic E-state index is -1.72. The van der Waals surface area contributed by atoms with E-state index in [2.05, 4.69) is 67.7 Å². The highest BCUT2D eigenvalue weighted by Crippen LogP contribution is 2.36. The summed E-state index contributed by atoms with van der Waals surface area (Å²) in [6, 6.07) is 4.15. The quantitative estimate of drug-likeness (QED) is 0.517. The van der Waals surface area contributed by atoms with Crippen molar-refractivity contribution in [2.24, 2.45) is 0 Å². The van der Waals surface area contributed by atoms with Crippen LogP contribution in [-0.4, -0.2) is 48.4 Å². The summed E-state index contributed by atoms with van der Waals surface area (Å²) in [7, 11) is 0.389. The summed E-state index contributed by atoms with van der Waals surface area (Å²) in [4.78, 5) is 13.9. The molecule has 0 aliphatic carbocycles. The average molecular weight is 377 g/mol. The molecule has 0 bridgehead atoms. The van der Waals surface area contributed by atoms with Gasteiger partial charge in [0.15, 0.2) is 8.32 Å². The Morgan fingerprint density at radius 1 is 1.12 bits per heavy atom. The average Bonchev–Trinajstić information content (AvgIpc) is 2.49. The van der Waals surface area contributed by atoms with Crippen LogP contribution in [0.2, 0.25) is 18.1 Å². The van der Waals surface area contributed by atoms with Crippen LogP contribution in [0, 0.1) is 13.8 Å². The predicted octanol–water partition coefficient (Wildman–Crippen LogP) is 2.95. The minimum absolute atomic E-state index is 0.0359. The van der Waals surface area contributed by atoms with E-state index in [1.807, 2.05) is 0 Å². The monoisotopic (exact) mass is 377 g/mol. The lowest BCUT2D eigenvalue weighted by Crippen LogP contribution is -2.41. The number of carbonyl (C=O) groups is 1. The van der Waals surface area contributed by atoms with Crippen LogP contribution in [0.4, 0.5) is 5.69 Å². The fourth-order valence-electron chi connectivity index (χ4n) is 2.47. The Labute approximate surface area is 161 Å². The number of hydrogen-bond acceptors (Lipinski definition) is 3.